The van der Waals surface area contributed by atoms with Gasteiger partial charge in [-0.25, -0.2) is 4.39 Å². The highest BCUT2D eigenvalue weighted by Gasteiger charge is 2.02. The van der Waals surface area contributed by atoms with E-state index in [1.165, 1.54) is 6.07 Å². The maximum Gasteiger partial charge on any atom is 0.234 e. The largest absolute Gasteiger partial charge is 0.354 e. The molecule has 0 aliphatic rings. The van der Waals surface area contributed by atoms with Gasteiger partial charge in [0.25, 0.3) is 0 Å². The molecular formula is C12H14FN3O. The van der Waals surface area contributed by atoms with Gasteiger partial charge >= 0.3 is 0 Å². The number of nitrogens with zero attached hydrogens (tertiary/aromatic N) is 1. The van der Waals surface area contributed by atoms with Crippen LogP contribution in [0.25, 0.3) is 0 Å². The van der Waals surface area contributed by atoms with Crippen LogP contribution in [0.3, 0.4) is 0 Å². The highest BCUT2D eigenvalue weighted by molar-refractivity contribution is 5.77. The molecule has 0 aliphatic heterocycles. The number of rotatable bonds is 6. The first-order valence-electron chi connectivity index (χ1n) is 5.32. The molecule has 0 spiro atoms. The van der Waals surface area contributed by atoms with E-state index < -0.39 is 0 Å². The maximum atomic E-state index is 13.2. The summed E-state index contributed by atoms with van der Waals surface area (Å²) in [4.78, 5) is 11.2. The van der Waals surface area contributed by atoms with Crippen molar-refractivity contribution in [1.29, 1.82) is 5.26 Å². The Morgan fingerprint density at radius 2 is 2.18 bits per heavy atom. The molecular weight excluding hydrogens is 221 g/mol. The lowest BCUT2D eigenvalue weighted by molar-refractivity contribution is -0.120. The minimum absolute atomic E-state index is 0.111. The van der Waals surface area contributed by atoms with Crippen LogP contribution in [0.5, 0.6) is 0 Å². The Balaban J connectivity index is 2.22. The van der Waals surface area contributed by atoms with E-state index in [0.717, 1.165) is 0 Å². The molecule has 1 rings (SSSR count). The average molecular weight is 235 g/mol. The Labute approximate surface area is 99.4 Å². The second-order valence-corrected chi connectivity index (χ2v) is 3.45. The van der Waals surface area contributed by atoms with E-state index in [0.29, 0.717) is 25.1 Å². The normalized spacial score (nSPS) is 9.65. The zero-order valence-corrected chi connectivity index (χ0v) is 9.37. The summed E-state index contributed by atoms with van der Waals surface area (Å²) in [7, 11) is 0. The van der Waals surface area contributed by atoms with Crippen molar-refractivity contribution >= 4 is 5.91 Å². The highest BCUT2D eigenvalue weighted by atomic mass is 19.1. The number of hydrogen-bond donors (Lipinski definition) is 2. The number of carbonyl (C=O) groups is 1. The summed E-state index contributed by atoms with van der Waals surface area (Å²) in [5.74, 6) is -0.485. The summed E-state index contributed by atoms with van der Waals surface area (Å²) in [5.41, 5.74) is 0.525. The van der Waals surface area contributed by atoms with Crippen LogP contribution in [0.15, 0.2) is 24.3 Å². The van der Waals surface area contributed by atoms with Crippen LogP contribution >= 0.6 is 0 Å². The first kappa shape index (κ1) is 13.1. The lowest BCUT2D eigenvalue weighted by Crippen LogP contribution is -2.34. The molecule has 0 heterocycles. The van der Waals surface area contributed by atoms with E-state index in [9.17, 15) is 9.18 Å². The smallest absolute Gasteiger partial charge is 0.234 e. The van der Waals surface area contributed by atoms with Crippen molar-refractivity contribution in [3.63, 3.8) is 0 Å². The number of nitriles is 1. The Kier molecular flexibility index (Phi) is 5.69. The standard InChI is InChI=1S/C12H14FN3O/c13-11-5-2-1-4-10(11)8-15-9-12(17)16-7-3-6-14/h1-2,4-5,15H,3,7-9H2,(H,16,17). The van der Waals surface area contributed by atoms with E-state index in [1.54, 1.807) is 18.2 Å². The zero-order chi connectivity index (χ0) is 12.5. The van der Waals surface area contributed by atoms with E-state index in [-0.39, 0.29) is 18.3 Å². The molecule has 17 heavy (non-hydrogen) atoms. The van der Waals surface area contributed by atoms with Gasteiger partial charge in [0.2, 0.25) is 5.91 Å². The van der Waals surface area contributed by atoms with Gasteiger partial charge in [-0.2, -0.15) is 5.26 Å². The van der Waals surface area contributed by atoms with Crippen molar-refractivity contribution < 1.29 is 9.18 Å². The molecule has 0 saturated carbocycles. The number of hydrogen-bond acceptors (Lipinski definition) is 3. The summed E-state index contributed by atoms with van der Waals surface area (Å²) in [6, 6.07) is 8.33. The van der Waals surface area contributed by atoms with Crippen molar-refractivity contribution in [3.8, 4) is 6.07 Å². The number of benzene rings is 1. The second kappa shape index (κ2) is 7.36. The summed E-state index contributed by atoms with van der Waals surface area (Å²) >= 11 is 0. The Bertz CT molecular complexity index is 414. The Morgan fingerprint density at radius 1 is 1.41 bits per heavy atom. The second-order valence-electron chi connectivity index (χ2n) is 3.45. The fourth-order valence-electron chi connectivity index (χ4n) is 1.27. The van der Waals surface area contributed by atoms with Crippen LogP contribution < -0.4 is 10.6 Å². The molecule has 1 aromatic carbocycles. The van der Waals surface area contributed by atoms with Gasteiger partial charge in [-0.15, -0.1) is 0 Å². The zero-order valence-electron chi connectivity index (χ0n) is 9.37. The van der Waals surface area contributed by atoms with Crippen molar-refractivity contribution in [1.82, 2.24) is 10.6 Å². The molecule has 0 aliphatic carbocycles. The summed E-state index contributed by atoms with van der Waals surface area (Å²) in [5, 5.41) is 13.7. The number of carbonyl (C=O) groups excluding carboxylic acids is 1. The third-order valence-corrected chi connectivity index (χ3v) is 2.12. The van der Waals surface area contributed by atoms with Crippen molar-refractivity contribution in [2.45, 2.75) is 13.0 Å². The van der Waals surface area contributed by atoms with Gasteiger partial charge in [0.1, 0.15) is 5.82 Å². The minimum Gasteiger partial charge on any atom is -0.354 e. The molecule has 0 saturated heterocycles. The van der Waals surface area contributed by atoms with E-state index >= 15 is 0 Å². The molecule has 2 N–H and O–H groups in total. The van der Waals surface area contributed by atoms with E-state index in [4.69, 9.17) is 5.26 Å². The molecule has 5 heteroatoms. The van der Waals surface area contributed by atoms with Crippen molar-refractivity contribution in [2.75, 3.05) is 13.1 Å². The molecule has 0 unspecified atom stereocenters. The van der Waals surface area contributed by atoms with Gasteiger partial charge in [-0.3, -0.25) is 4.79 Å². The number of halogens is 1. The maximum absolute atomic E-state index is 13.2. The molecule has 0 radical (unpaired) electrons. The summed E-state index contributed by atoms with van der Waals surface area (Å²) < 4.78 is 13.2. The predicted octanol–water partition coefficient (Wildman–Crippen LogP) is 0.945. The number of amides is 1. The van der Waals surface area contributed by atoms with Crippen LogP contribution in [0.2, 0.25) is 0 Å². The van der Waals surface area contributed by atoms with Crippen LogP contribution in [0, 0.1) is 17.1 Å². The van der Waals surface area contributed by atoms with Crippen LogP contribution in [-0.4, -0.2) is 19.0 Å². The fraction of sp³-hybridized carbons (Fsp3) is 0.333. The molecule has 1 amide bonds. The first-order valence-corrected chi connectivity index (χ1v) is 5.32. The topological polar surface area (TPSA) is 64.9 Å². The van der Waals surface area contributed by atoms with Gasteiger partial charge in [0.15, 0.2) is 0 Å². The summed E-state index contributed by atoms with van der Waals surface area (Å²) in [6.45, 7) is 0.759. The van der Waals surface area contributed by atoms with Gasteiger partial charge in [0, 0.05) is 18.7 Å². The molecule has 1 aromatic rings. The molecule has 4 nitrogen and oxygen atoms in total. The Hall–Kier alpha value is -1.93. The molecule has 90 valence electrons. The SMILES string of the molecule is N#CCCNC(=O)CNCc1ccccc1F. The van der Waals surface area contributed by atoms with Crippen molar-refractivity contribution in [3.05, 3.63) is 35.6 Å². The molecule has 0 atom stereocenters. The van der Waals surface area contributed by atoms with E-state index in [2.05, 4.69) is 10.6 Å². The predicted molar refractivity (Wildman–Crippen MR) is 61.3 cm³/mol. The fourth-order valence-corrected chi connectivity index (χ4v) is 1.27. The quantitative estimate of drug-likeness (QED) is 0.721. The highest BCUT2D eigenvalue weighted by Crippen LogP contribution is 2.04. The monoisotopic (exact) mass is 235 g/mol. The Morgan fingerprint density at radius 3 is 2.88 bits per heavy atom. The van der Waals surface area contributed by atoms with Crippen molar-refractivity contribution in [2.24, 2.45) is 0 Å². The lowest BCUT2D eigenvalue weighted by Gasteiger charge is -2.06. The average Bonchev–Trinajstić information content (AvgIpc) is 2.32. The van der Waals surface area contributed by atoms with Gasteiger partial charge < -0.3 is 10.6 Å². The molecule has 0 aromatic heterocycles. The summed E-state index contributed by atoms with van der Waals surface area (Å²) in [6.07, 6.45) is 0.291. The molecule has 0 bridgehead atoms. The minimum atomic E-state index is -0.287. The van der Waals surface area contributed by atoms with Gasteiger partial charge in [-0.1, -0.05) is 18.2 Å². The first-order chi connectivity index (χ1) is 8.24. The number of nitrogens with one attached hydrogen (secondary N) is 2. The third-order valence-electron chi connectivity index (χ3n) is 2.12. The van der Waals surface area contributed by atoms with Gasteiger partial charge in [0.05, 0.1) is 19.0 Å². The third kappa shape index (κ3) is 5.09. The van der Waals surface area contributed by atoms with Crippen LogP contribution in [-0.2, 0) is 11.3 Å². The lowest BCUT2D eigenvalue weighted by atomic mass is 10.2. The van der Waals surface area contributed by atoms with Gasteiger partial charge in [-0.05, 0) is 6.07 Å². The van der Waals surface area contributed by atoms with Crippen LogP contribution in [0.1, 0.15) is 12.0 Å². The molecule has 0 fully saturated rings. The van der Waals surface area contributed by atoms with Crippen LogP contribution in [0.4, 0.5) is 4.39 Å². The van der Waals surface area contributed by atoms with E-state index in [1.807, 2.05) is 6.07 Å².